The minimum Gasteiger partial charge on any atom is -0.370 e. The van der Waals surface area contributed by atoms with Crippen LogP contribution in [0, 0.1) is 0 Å². The fraction of sp³-hybridized carbons (Fsp3) is 0.714. The van der Waals surface area contributed by atoms with Crippen LogP contribution in [-0.2, 0) is 6.54 Å². The summed E-state index contributed by atoms with van der Waals surface area (Å²) in [7, 11) is 0. The molecule has 0 bridgehead atoms. The second-order valence-electron chi connectivity index (χ2n) is 5.25. The number of nitrogens with zero attached hydrogens (tertiary/aromatic N) is 3. The van der Waals surface area contributed by atoms with Crippen LogP contribution < -0.4 is 11.1 Å². The molecule has 2 rings (SSSR count). The summed E-state index contributed by atoms with van der Waals surface area (Å²) in [5.41, 5.74) is 5.93. The Balaban J connectivity index is 0.00000200. The second kappa shape index (κ2) is 10.0. The van der Waals surface area contributed by atoms with Crippen LogP contribution in [-0.4, -0.2) is 28.1 Å². The molecule has 0 spiro atoms. The van der Waals surface area contributed by atoms with Gasteiger partial charge in [-0.25, -0.2) is 4.98 Å². The summed E-state index contributed by atoms with van der Waals surface area (Å²) < 4.78 is 2.06. The van der Waals surface area contributed by atoms with Gasteiger partial charge in [-0.2, -0.15) is 0 Å². The van der Waals surface area contributed by atoms with Gasteiger partial charge in [-0.1, -0.05) is 25.7 Å². The van der Waals surface area contributed by atoms with Crippen molar-refractivity contribution in [3.8, 4) is 0 Å². The number of aromatic nitrogens is 2. The van der Waals surface area contributed by atoms with E-state index in [0.29, 0.717) is 12.0 Å². The molecule has 0 atom stereocenters. The lowest BCUT2D eigenvalue weighted by Gasteiger charge is -2.16. The van der Waals surface area contributed by atoms with Gasteiger partial charge in [0.25, 0.3) is 0 Å². The molecule has 1 fully saturated rings. The first-order chi connectivity index (χ1) is 9.34. The van der Waals surface area contributed by atoms with E-state index in [9.17, 15) is 0 Å². The molecular formula is C14H26IN5. The maximum atomic E-state index is 5.93. The van der Waals surface area contributed by atoms with E-state index < -0.39 is 0 Å². The molecule has 1 aromatic heterocycles. The van der Waals surface area contributed by atoms with E-state index in [-0.39, 0.29) is 24.0 Å². The van der Waals surface area contributed by atoms with Crippen LogP contribution in [0.15, 0.2) is 23.7 Å². The number of hydrogen-bond donors (Lipinski definition) is 2. The summed E-state index contributed by atoms with van der Waals surface area (Å²) in [5.74, 6) is 0.609. The maximum absolute atomic E-state index is 5.93. The van der Waals surface area contributed by atoms with Crippen LogP contribution >= 0.6 is 24.0 Å². The Morgan fingerprint density at radius 3 is 2.70 bits per heavy atom. The highest BCUT2D eigenvalue weighted by Crippen LogP contribution is 2.16. The third kappa shape index (κ3) is 6.58. The molecule has 114 valence electrons. The Kier molecular flexibility index (Phi) is 8.64. The molecule has 0 radical (unpaired) electrons. The van der Waals surface area contributed by atoms with E-state index in [1.165, 1.54) is 38.5 Å². The van der Waals surface area contributed by atoms with Crippen molar-refractivity contribution in [2.45, 2.75) is 57.5 Å². The number of imidazole rings is 1. The molecule has 0 unspecified atom stereocenters. The zero-order chi connectivity index (χ0) is 13.3. The summed E-state index contributed by atoms with van der Waals surface area (Å²) in [6.45, 7) is 1.71. The summed E-state index contributed by atoms with van der Waals surface area (Å²) in [5, 5.41) is 3.36. The highest BCUT2D eigenvalue weighted by atomic mass is 127. The maximum Gasteiger partial charge on any atom is 0.188 e. The third-order valence-electron chi connectivity index (χ3n) is 3.62. The molecule has 6 heteroatoms. The van der Waals surface area contributed by atoms with Crippen molar-refractivity contribution in [2.24, 2.45) is 10.7 Å². The van der Waals surface area contributed by atoms with Crippen molar-refractivity contribution in [1.82, 2.24) is 14.9 Å². The van der Waals surface area contributed by atoms with E-state index in [4.69, 9.17) is 5.73 Å². The minimum atomic E-state index is 0. The van der Waals surface area contributed by atoms with Gasteiger partial charge in [0.15, 0.2) is 5.96 Å². The topological polar surface area (TPSA) is 68.2 Å². The molecule has 1 saturated carbocycles. The molecule has 1 aromatic rings. The molecular weight excluding hydrogens is 365 g/mol. The Hall–Kier alpha value is -0.790. The molecule has 20 heavy (non-hydrogen) atoms. The number of guanidine groups is 1. The van der Waals surface area contributed by atoms with Crippen molar-refractivity contribution < 1.29 is 0 Å². The first-order valence-electron chi connectivity index (χ1n) is 7.37. The lowest BCUT2D eigenvalue weighted by atomic mass is 10.1. The highest BCUT2D eigenvalue weighted by Gasteiger charge is 2.11. The van der Waals surface area contributed by atoms with Crippen molar-refractivity contribution in [3.05, 3.63) is 18.7 Å². The number of halogens is 1. The fourth-order valence-electron chi connectivity index (χ4n) is 2.55. The van der Waals surface area contributed by atoms with Crippen LogP contribution in [0.4, 0.5) is 0 Å². The van der Waals surface area contributed by atoms with E-state index in [2.05, 4.69) is 19.9 Å². The van der Waals surface area contributed by atoms with Gasteiger partial charge in [0.05, 0.1) is 6.33 Å². The van der Waals surface area contributed by atoms with Crippen LogP contribution in [0.2, 0.25) is 0 Å². The van der Waals surface area contributed by atoms with Crippen LogP contribution in [0.25, 0.3) is 0 Å². The summed E-state index contributed by atoms with van der Waals surface area (Å²) in [6.07, 6.45) is 14.4. The van der Waals surface area contributed by atoms with Crippen LogP contribution in [0.1, 0.15) is 44.9 Å². The van der Waals surface area contributed by atoms with Gasteiger partial charge in [0.2, 0.25) is 0 Å². The smallest absolute Gasteiger partial charge is 0.188 e. The molecule has 5 nitrogen and oxygen atoms in total. The Morgan fingerprint density at radius 1 is 1.30 bits per heavy atom. The average molecular weight is 391 g/mol. The average Bonchev–Trinajstić information content (AvgIpc) is 2.79. The van der Waals surface area contributed by atoms with E-state index >= 15 is 0 Å². The first kappa shape index (κ1) is 17.3. The summed E-state index contributed by atoms with van der Waals surface area (Å²) >= 11 is 0. The van der Waals surface area contributed by atoms with Gasteiger partial charge < -0.3 is 15.6 Å². The zero-order valence-electron chi connectivity index (χ0n) is 12.0. The first-order valence-corrected chi connectivity index (χ1v) is 7.37. The molecule has 0 aliphatic heterocycles. The SMILES string of the molecule is I.NC(=NCCCn1ccnc1)NC1CCCCCC1. The lowest BCUT2D eigenvalue weighted by Crippen LogP contribution is -2.39. The Labute approximate surface area is 138 Å². The Bertz CT molecular complexity index is 369. The molecule has 0 amide bonds. The number of rotatable bonds is 5. The summed E-state index contributed by atoms with van der Waals surface area (Å²) in [6, 6.07) is 0.528. The normalized spacial score (nSPS) is 17.3. The largest absolute Gasteiger partial charge is 0.370 e. The molecule has 0 aromatic carbocycles. The minimum absolute atomic E-state index is 0. The van der Waals surface area contributed by atoms with Crippen molar-refractivity contribution >= 4 is 29.9 Å². The predicted octanol–water partition coefficient (Wildman–Crippen LogP) is 2.52. The lowest BCUT2D eigenvalue weighted by molar-refractivity contribution is 0.529. The Morgan fingerprint density at radius 2 is 2.05 bits per heavy atom. The fourth-order valence-corrected chi connectivity index (χ4v) is 2.55. The standard InChI is InChI=1S/C14H25N5.HI/c15-14(18-13-6-3-1-2-4-7-13)17-8-5-10-19-11-9-16-12-19;/h9,11-13H,1-8,10H2,(H3,15,17,18);1H. The van der Waals surface area contributed by atoms with Crippen molar-refractivity contribution in [2.75, 3.05) is 6.54 Å². The van der Waals surface area contributed by atoms with Gasteiger partial charge >= 0.3 is 0 Å². The summed E-state index contributed by atoms with van der Waals surface area (Å²) in [4.78, 5) is 8.41. The number of nitrogens with one attached hydrogen (secondary N) is 1. The second-order valence-corrected chi connectivity index (χ2v) is 5.25. The molecule has 3 N–H and O–H groups in total. The van der Waals surface area contributed by atoms with Gasteiger partial charge in [0.1, 0.15) is 0 Å². The monoisotopic (exact) mass is 391 g/mol. The number of nitrogens with two attached hydrogens (primary N) is 1. The zero-order valence-corrected chi connectivity index (χ0v) is 14.3. The van der Waals surface area contributed by atoms with Gasteiger partial charge in [0, 0.05) is 31.5 Å². The van der Waals surface area contributed by atoms with Crippen molar-refractivity contribution in [1.29, 1.82) is 0 Å². The third-order valence-corrected chi connectivity index (χ3v) is 3.62. The quantitative estimate of drug-likeness (QED) is 0.267. The van der Waals surface area contributed by atoms with Gasteiger partial charge in [-0.15, -0.1) is 24.0 Å². The van der Waals surface area contributed by atoms with Crippen molar-refractivity contribution in [3.63, 3.8) is 0 Å². The van der Waals surface area contributed by atoms with Crippen LogP contribution in [0.3, 0.4) is 0 Å². The van der Waals surface area contributed by atoms with E-state index in [1.54, 1.807) is 6.20 Å². The number of aryl methyl sites for hydroxylation is 1. The molecule has 0 saturated heterocycles. The molecule has 1 aliphatic rings. The van der Waals surface area contributed by atoms with Gasteiger partial charge in [-0.3, -0.25) is 4.99 Å². The molecule has 1 heterocycles. The number of aliphatic imine (C=N–C) groups is 1. The highest BCUT2D eigenvalue weighted by molar-refractivity contribution is 14.0. The van der Waals surface area contributed by atoms with E-state index in [1.807, 2.05) is 12.5 Å². The van der Waals surface area contributed by atoms with Crippen LogP contribution in [0.5, 0.6) is 0 Å². The van der Waals surface area contributed by atoms with Gasteiger partial charge in [-0.05, 0) is 19.3 Å². The number of hydrogen-bond acceptors (Lipinski definition) is 2. The predicted molar refractivity (Wildman–Crippen MR) is 93.4 cm³/mol. The van der Waals surface area contributed by atoms with E-state index in [0.717, 1.165) is 19.5 Å². The molecule has 1 aliphatic carbocycles.